The van der Waals surface area contributed by atoms with Gasteiger partial charge in [0.2, 0.25) is 0 Å². The Hall–Kier alpha value is -1.10. The van der Waals surface area contributed by atoms with Crippen LogP contribution in [0.1, 0.15) is 31.8 Å². The second-order valence-corrected chi connectivity index (χ2v) is 5.57. The van der Waals surface area contributed by atoms with Gasteiger partial charge in [0.1, 0.15) is 11.9 Å². The quantitative estimate of drug-likeness (QED) is 0.919. The normalized spacial score (nSPS) is 20.3. The second kappa shape index (κ2) is 5.12. The molecule has 1 aromatic heterocycles. The zero-order valence-electron chi connectivity index (χ0n) is 11.2. The number of fused-ring (bicyclic) bond motifs is 1. The number of aromatic nitrogens is 2. The largest absolute Gasteiger partial charge is 0.368 e. The van der Waals surface area contributed by atoms with Gasteiger partial charge in [-0.1, -0.05) is 11.6 Å². The van der Waals surface area contributed by atoms with Crippen LogP contribution in [0.15, 0.2) is 18.2 Å². The Morgan fingerprint density at radius 2 is 2.32 bits per heavy atom. The fraction of sp³-hybridized carbons (Fsp3) is 0.500. The summed E-state index contributed by atoms with van der Waals surface area (Å²) in [5.41, 5.74) is 2.05. The van der Waals surface area contributed by atoms with Crippen LogP contribution in [0.4, 0.5) is 0 Å². The Bertz CT molecular complexity index is 588. The molecule has 1 saturated heterocycles. The molecule has 5 heteroatoms. The van der Waals surface area contributed by atoms with Gasteiger partial charge in [-0.15, -0.1) is 0 Å². The van der Waals surface area contributed by atoms with Crippen LogP contribution in [-0.2, 0) is 4.74 Å². The molecule has 1 N–H and O–H groups in total. The number of rotatable bonds is 2. The van der Waals surface area contributed by atoms with E-state index in [0.29, 0.717) is 6.04 Å². The van der Waals surface area contributed by atoms with Gasteiger partial charge in [0.25, 0.3) is 0 Å². The number of hydrogen-bond donors (Lipinski definition) is 1. The summed E-state index contributed by atoms with van der Waals surface area (Å²) in [4.78, 5) is 4.73. The Kier molecular flexibility index (Phi) is 3.48. The Balaban J connectivity index is 2.13. The van der Waals surface area contributed by atoms with E-state index >= 15 is 0 Å². The van der Waals surface area contributed by atoms with Crippen LogP contribution in [0.5, 0.6) is 0 Å². The minimum atomic E-state index is 0.0160. The van der Waals surface area contributed by atoms with Gasteiger partial charge in [0.15, 0.2) is 0 Å². The summed E-state index contributed by atoms with van der Waals surface area (Å²) < 4.78 is 8.08. The van der Waals surface area contributed by atoms with E-state index in [1.54, 1.807) is 0 Å². The molecule has 0 bridgehead atoms. The van der Waals surface area contributed by atoms with Crippen LogP contribution in [0.3, 0.4) is 0 Å². The summed E-state index contributed by atoms with van der Waals surface area (Å²) in [5, 5.41) is 4.07. The standard InChI is InChI=1S/C14H18ClN3O/c1-9(2)18-12-4-3-10(15)7-11(12)17-14(18)13-8-16-5-6-19-13/h3-4,7,9,13,16H,5-6,8H2,1-2H3. The molecule has 0 spiro atoms. The third-order valence-electron chi connectivity index (χ3n) is 3.41. The first-order valence-corrected chi connectivity index (χ1v) is 7.04. The van der Waals surface area contributed by atoms with Crippen LogP contribution in [0.2, 0.25) is 5.02 Å². The second-order valence-electron chi connectivity index (χ2n) is 5.13. The van der Waals surface area contributed by atoms with E-state index < -0.39 is 0 Å². The Labute approximate surface area is 117 Å². The van der Waals surface area contributed by atoms with Crippen LogP contribution in [0.25, 0.3) is 11.0 Å². The van der Waals surface area contributed by atoms with Crippen molar-refractivity contribution in [2.24, 2.45) is 0 Å². The van der Waals surface area contributed by atoms with E-state index in [9.17, 15) is 0 Å². The Morgan fingerprint density at radius 3 is 3.00 bits per heavy atom. The summed E-state index contributed by atoms with van der Waals surface area (Å²) >= 11 is 6.05. The van der Waals surface area contributed by atoms with E-state index in [4.69, 9.17) is 21.3 Å². The number of halogens is 1. The minimum Gasteiger partial charge on any atom is -0.368 e. The Morgan fingerprint density at radius 1 is 1.47 bits per heavy atom. The predicted octanol–water partition coefficient (Wildman–Crippen LogP) is 2.93. The SMILES string of the molecule is CC(C)n1c(C2CNCCO2)nc2cc(Cl)ccc21. The van der Waals surface area contributed by atoms with E-state index in [2.05, 4.69) is 23.7 Å². The molecule has 3 rings (SSSR count). The summed E-state index contributed by atoms with van der Waals surface area (Å²) in [7, 11) is 0. The molecular formula is C14H18ClN3O. The molecule has 1 unspecified atom stereocenters. The van der Waals surface area contributed by atoms with Crippen molar-refractivity contribution >= 4 is 22.6 Å². The van der Waals surface area contributed by atoms with E-state index in [0.717, 1.165) is 41.6 Å². The third kappa shape index (κ3) is 2.36. The molecule has 4 nitrogen and oxygen atoms in total. The number of ether oxygens (including phenoxy) is 1. The van der Waals surface area contributed by atoms with Crippen LogP contribution < -0.4 is 5.32 Å². The molecule has 1 atom stereocenters. The van der Waals surface area contributed by atoms with Gasteiger partial charge in [-0.3, -0.25) is 0 Å². The first-order chi connectivity index (χ1) is 9.16. The summed E-state index contributed by atoms with van der Waals surface area (Å²) in [6.07, 6.45) is 0.0160. The zero-order valence-corrected chi connectivity index (χ0v) is 11.9. The highest BCUT2D eigenvalue weighted by Crippen LogP contribution is 2.28. The van der Waals surface area contributed by atoms with Crippen molar-refractivity contribution in [1.29, 1.82) is 0 Å². The van der Waals surface area contributed by atoms with Crippen molar-refractivity contribution < 1.29 is 4.74 Å². The molecule has 0 saturated carbocycles. The highest BCUT2D eigenvalue weighted by molar-refractivity contribution is 6.31. The van der Waals surface area contributed by atoms with Crippen molar-refractivity contribution in [3.63, 3.8) is 0 Å². The van der Waals surface area contributed by atoms with Crippen molar-refractivity contribution in [2.75, 3.05) is 19.7 Å². The molecule has 1 aromatic carbocycles. The highest BCUT2D eigenvalue weighted by Gasteiger charge is 2.24. The predicted molar refractivity (Wildman–Crippen MR) is 76.7 cm³/mol. The van der Waals surface area contributed by atoms with Crippen LogP contribution in [0, 0.1) is 0 Å². The maximum absolute atomic E-state index is 6.05. The van der Waals surface area contributed by atoms with Crippen molar-refractivity contribution in [2.45, 2.75) is 26.0 Å². The summed E-state index contributed by atoms with van der Waals surface area (Å²) in [5.74, 6) is 0.986. The van der Waals surface area contributed by atoms with Crippen molar-refractivity contribution in [3.8, 4) is 0 Å². The summed E-state index contributed by atoms with van der Waals surface area (Å²) in [6.45, 7) is 6.77. The molecule has 1 aliphatic rings. The lowest BCUT2D eigenvalue weighted by atomic mass is 10.2. The number of nitrogens with one attached hydrogen (secondary N) is 1. The molecular weight excluding hydrogens is 262 g/mol. The monoisotopic (exact) mass is 279 g/mol. The first-order valence-electron chi connectivity index (χ1n) is 6.66. The molecule has 0 amide bonds. The number of morpholine rings is 1. The van der Waals surface area contributed by atoms with Gasteiger partial charge in [0, 0.05) is 24.2 Å². The van der Waals surface area contributed by atoms with Crippen LogP contribution in [-0.4, -0.2) is 29.2 Å². The number of hydrogen-bond acceptors (Lipinski definition) is 3. The van der Waals surface area contributed by atoms with Gasteiger partial charge in [-0.25, -0.2) is 4.98 Å². The van der Waals surface area contributed by atoms with Gasteiger partial charge >= 0.3 is 0 Å². The molecule has 2 heterocycles. The molecule has 2 aromatic rings. The average Bonchev–Trinajstić information content (AvgIpc) is 2.78. The number of nitrogens with zero attached hydrogens (tertiary/aromatic N) is 2. The van der Waals surface area contributed by atoms with E-state index in [1.807, 2.05) is 18.2 Å². The van der Waals surface area contributed by atoms with E-state index in [-0.39, 0.29) is 6.10 Å². The van der Waals surface area contributed by atoms with Crippen molar-refractivity contribution in [1.82, 2.24) is 14.9 Å². The van der Waals surface area contributed by atoms with Gasteiger partial charge < -0.3 is 14.6 Å². The maximum Gasteiger partial charge on any atom is 0.140 e. The highest BCUT2D eigenvalue weighted by atomic mass is 35.5. The molecule has 19 heavy (non-hydrogen) atoms. The zero-order chi connectivity index (χ0) is 13.4. The van der Waals surface area contributed by atoms with E-state index in [1.165, 1.54) is 0 Å². The topological polar surface area (TPSA) is 39.1 Å². The lowest BCUT2D eigenvalue weighted by molar-refractivity contribution is 0.0197. The smallest absolute Gasteiger partial charge is 0.140 e. The molecule has 102 valence electrons. The molecule has 0 aliphatic carbocycles. The van der Waals surface area contributed by atoms with Crippen LogP contribution >= 0.6 is 11.6 Å². The first kappa shape index (κ1) is 12.9. The molecule has 1 aliphatic heterocycles. The summed E-state index contributed by atoms with van der Waals surface area (Å²) in [6, 6.07) is 6.19. The molecule has 0 radical (unpaired) electrons. The van der Waals surface area contributed by atoms with Crippen molar-refractivity contribution in [3.05, 3.63) is 29.0 Å². The van der Waals surface area contributed by atoms with Gasteiger partial charge in [0.05, 0.1) is 17.6 Å². The number of imidazole rings is 1. The average molecular weight is 280 g/mol. The van der Waals surface area contributed by atoms with Gasteiger partial charge in [-0.05, 0) is 32.0 Å². The molecule has 1 fully saturated rings. The maximum atomic E-state index is 6.05. The fourth-order valence-electron chi connectivity index (χ4n) is 2.59. The lowest BCUT2D eigenvalue weighted by Crippen LogP contribution is -2.34. The third-order valence-corrected chi connectivity index (χ3v) is 3.65. The van der Waals surface area contributed by atoms with Gasteiger partial charge in [-0.2, -0.15) is 0 Å². The fourth-order valence-corrected chi connectivity index (χ4v) is 2.76. The number of benzene rings is 1. The lowest BCUT2D eigenvalue weighted by Gasteiger charge is -2.25. The minimum absolute atomic E-state index is 0.0160.